The van der Waals surface area contributed by atoms with Crippen LogP contribution in [0.15, 0.2) is 12.1 Å². The van der Waals surface area contributed by atoms with E-state index in [0.717, 1.165) is 17.9 Å². The van der Waals surface area contributed by atoms with Gasteiger partial charge in [-0.1, -0.05) is 19.9 Å². The Labute approximate surface area is 111 Å². The van der Waals surface area contributed by atoms with Crippen molar-refractivity contribution in [3.8, 4) is 5.75 Å². The number of thiol groups is 1. The predicted molar refractivity (Wildman–Crippen MR) is 78.6 cm³/mol. The number of hydrogen-bond donors (Lipinski definition) is 1. The molecule has 1 aromatic carbocycles. The molecule has 0 heterocycles. The van der Waals surface area contributed by atoms with Crippen molar-refractivity contribution in [3.05, 3.63) is 28.8 Å². The Morgan fingerprint density at radius 3 is 2.47 bits per heavy atom. The van der Waals surface area contributed by atoms with Crippen molar-refractivity contribution in [1.29, 1.82) is 0 Å². The van der Waals surface area contributed by atoms with Crippen molar-refractivity contribution in [2.75, 3.05) is 12.9 Å². The lowest BCUT2D eigenvalue weighted by Crippen LogP contribution is -1.99. The Morgan fingerprint density at radius 1 is 1.24 bits per heavy atom. The maximum Gasteiger partial charge on any atom is 0.122 e. The summed E-state index contributed by atoms with van der Waals surface area (Å²) in [5.74, 6) is 2.51. The quantitative estimate of drug-likeness (QED) is 0.584. The molecule has 0 saturated heterocycles. The number of methoxy groups -OCH3 is 1. The fourth-order valence-corrected chi connectivity index (χ4v) is 2.29. The lowest BCUT2D eigenvalue weighted by Gasteiger charge is -2.16. The Balaban J connectivity index is 2.94. The second kappa shape index (κ2) is 6.95. The molecule has 0 saturated carbocycles. The summed E-state index contributed by atoms with van der Waals surface area (Å²) in [6.45, 7) is 6.60. The molecule has 96 valence electrons. The number of aryl methyl sites for hydroxylation is 2. The summed E-state index contributed by atoms with van der Waals surface area (Å²) in [6.07, 6.45) is 3.55. The zero-order valence-electron chi connectivity index (χ0n) is 11.4. The molecule has 0 radical (unpaired) electrons. The van der Waals surface area contributed by atoms with Crippen molar-refractivity contribution in [1.82, 2.24) is 0 Å². The number of benzene rings is 1. The van der Waals surface area contributed by atoms with Crippen LogP contribution in [0, 0.1) is 6.92 Å². The summed E-state index contributed by atoms with van der Waals surface area (Å²) in [7, 11) is 1.75. The van der Waals surface area contributed by atoms with Crippen molar-refractivity contribution < 1.29 is 4.74 Å². The second-order valence-corrected chi connectivity index (χ2v) is 5.30. The van der Waals surface area contributed by atoms with E-state index in [-0.39, 0.29) is 0 Å². The van der Waals surface area contributed by atoms with Gasteiger partial charge in [0.2, 0.25) is 0 Å². The average molecular weight is 252 g/mol. The summed E-state index contributed by atoms with van der Waals surface area (Å²) in [4.78, 5) is 0. The smallest absolute Gasteiger partial charge is 0.122 e. The molecule has 1 nitrogen and oxygen atoms in total. The summed E-state index contributed by atoms with van der Waals surface area (Å²) < 4.78 is 5.46. The molecular weight excluding hydrogens is 228 g/mol. The largest absolute Gasteiger partial charge is 0.496 e. The van der Waals surface area contributed by atoms with Crippen LogP contribution in [-0.4, -0.2) is 12.9 Å². The van der Waals surface area contributed by atoms with Gasteiger partial charge < -0.3 is 4.74 Å². The third-order valence-electron chi connectivity index (χ3n) is 3.16. The van der Waals surface area contributed by atoms with E-state index in [1.807, 2.05) is 0 Å². The van der Waals surface area contributed by atoms with Crippen molar-refractivity contribution in [3.63, 3.8) is 0 Å². The van der Waals surface area contributed by atoms with Crippen molar-refractivity contribution in [2.45, 2.75) is 46.0 Å². The van der Waals surface area contributed by atoms with Crippen LogP contribution in [0.4, 0.5) is 0 Å². The standard InChI is InChI=1S/C15H24OS/c1-11(2)14-10-13(7-5-6-8-17)12(3)9-15(14)16-4/h9-11,17H,5-8H2,1-4H3. The van der Waals surface area contributed by atoms with Crippen LogP contribution in [0.2, 0.25) is 0 Å². The van der Waals surface area contributed by atoms with E-state index in [2.05, 4.69) is 45.5 Å². The SMILES string of the molecule is COc1cc(C)c(CCCCS)cc1C(C)C. The van der Waals surface area contributed by atoms with Crippen LogP contribution in [0.25, 0.3) is 0 Å². The molecule has 17 heavy (non-hydrogen) atoms. The number of ether oxygens (including phenoxy) is 1. The first-order chi connectivity index (χ1) is 8.10. The molecule has 0 atom stereocenters. The number of hydrogen-bond acceptors (Lipinski definition) is 2. The Bertz CT molecular complexity index is 358. The van der Waals surface area contributed by atoms with Crippen LogP contribution in [0.3, 0.4) is 0 Å². The van der Waals surface area contributed by atoms with Crippen molar-refractivity contribution >= 4 is 12.6 Å². The Morgan fingerprint density at radius 2 is 1.94 bits per heavy atom. The van der Waals surface area contributed by atoms with Gasteiger partial charge in [-0.3, -0.25) is 0 Å². The maximum atomic E-state index is 5.46. The van der Waals surface area contributed by atoms with Crippen LogP contribution < -0.4 is 4.74 Å². The highest BCUT2D eigenvalue weighted by atomic mass is 32.1. The molecule has 0 fully saturated rings. The molecular formula is C15H24OS. The van der Waals surface area contributed by atoms with E-state index in [1.165, 1.54) is 29.5 Å². The van der Waals surface area contributed by atoms with E-state index in [9.17, 15) is 0 Å². The van der Waals surface area contributed by atoms with Gasteiger partial charge in [-0.25, -0.2) is 0 Å². The van der Waals surface area contributed by atoms with E-state index in [1.54, 1.807) is 7.11 Å². The third kappa shape index (κ3) is 3.95. The minimum absolute atomic E-state index is 0.508. The zero-order chi connectivity index (χ0) is 12.8. The predicted octanol–water partition coefficient (Wildman–Crippen LogP) is 4.38. The van der Waals surface area contributed by atoms with Gasteiger partial charge in [0, 0.05) is 0 Å². The highest BCUT2D eigenvalue weighted by Gasteiger charge is 2.10. The average Bonchev–Trinajstić information content (AvgIpc) is 2.30. The van der Waals surface area contributed by atoms with E-state index in [4.69, 9.17) is 4.74 Å². The lowest BCUT2D eigenvalue weighted by atomic mass is 9.94. The minimum atomic E-state index is 0.508. The molecule has 0 amide bonds. The molecule has 0 N–H and O–H groups in total. The Hall–Kier alpha value is -0.630. The van der Waals surface area contributed by atoms with E-state index in [0.29, 0.717) is 5.92 Å². The molecule has 0 aliphatic carbocycles. The second-order valence-electron chi connectivity index (χ2n) is 4.86. The normalized spacial score (nSPS) is 10.9. The number of rotatable bonds is 6. The first kappa shape index (κ1) is 14.4. The van der Waals surface area contributed by atoms with E-state index < -0.39 is 0 Å². The van der Waals surface area contributed by atoms with Gasteiger partial charge in [-0.15, -0.1) is 0 Å². The van der Waals surface area contributed by atoms with Crippen LogP contribution in [-0.2, 0) is 6.42 Å². The molecule has 1 rings (SSSR count). The van der Waals surface area contributed by atoms with Crippen LogP contribution >= 0.6 is 12.6 Å². The monoisotopic (exact) mass is 252 g/mol. The van der Waals surface area contributed by atoms with Gasteiger partial charge >= 0.3 is 0 Å². The zero-order valence-corrected chi connectivity index (χ0v) is 12.3. The van der Waals surface area contributed by atoms with Gasteiger partial charge in [0.1, 0.15) is 5.75 Å². The van der Waals surface area contributed by atoms with Gasteiger partial charge in [0.05, 0.1) is 7.11 Å². The van der Waals surface area contributed by atoms with Gasteiger partial charge in [0.25, 0.3) is 0 Å². The maximum absolute atomic E-state index is 5.46. The van der Waals surface area contributed by atoms with Crippen molar-refractivity contribution in [2.24, 2.45) is 0 Å². The summed E-state index contributed by atoms with van der Waals surface area (Å²) >= 11 is 4.26. The Kier molecular flexibility index (Phi) is 5.90. The molecule has 0 spiro atoms. The molecule has 0 bridgehead atoms. The topological polar surface area (TPSA) is 9.23 Å². The molecule has 1 aromatic rings. The first-order valence-corrected chi connectivity index (χ1v) is 7.01. The number of unbranched alkanes of at least 4 members (excludes halogenated alkanes) is 1. The molecule has 2 heteroatoms. The molecule has 0 unspecified atom stereocenters. The highest BCUT2D eigenvalue weighted by Crippen LogP contribution is 2.30. The third-order valence-corrected chi connectivity index (χ3v) is 3.48. The van der Waals surface area contributed by atoms with Crippen LogP contribution in [0.1, 0.15) is 49.3 Å². The van der Waals surface area contributed by atoms with E-state index >= 15 is 0 Å². The first-order valence-electron chi connectivity index (χ1n) is 6.38. The summed E-state index contributed by atoms with van der Waals surface area (Å²) in [6, 6.07) is 4.49. The van der Waals surface area contributed by atoms with Crippen LogP contribution in [0.5, 0.6) is 5.75 Å². The summed E-state index contributed by atoms with van der Waals surface area (Å²) in [5.41, 5.74) is 4.11. The molecule has 0 aliphatic rings. The highest BCUT2D eigenvalue weighted by molar-refractivity contribution is 7.80. The van der Waals surface area contributed by atoms with Gasteiger partial charge in [-0.2, -0.15) is 12.6 Å². The van der Waals surface area contributed by atoms with Gasteiger partial charge in [-0.05, 0) is 60.6 Å². The summed E-state index contributed by atoms with van der Waals surface area (Å²) in [5, 5.41) is 0. The molecule has 0 aliphatic heterocycles. The fourth-order valence-electron chi connectivity index (χ4n) is 2.07. The lowest BCUT2D eigenvalue weighted by molar-refractivity contribution is 0.407. The fraction of sp³-hybridized carbons (Fsp3) is 0.600. The minimum Gasteiger partial charge on any atom is -0.496 e. The van der Waals surface area contributed by atoms with Gasteiger partial charge in [0.15, 0.2) is 0 Å². The molecule has 0 aromatic heterocycles.